The predicted molar refractivity (Wildman–Crippen MR) is 124 cm³/mol. The molecule has 0 unspecified atom stereocenters. The molecule has 0 fully saturated rings. The molecule has 11 heteroatoms. The van der Waals surface area contributed by atoms with E-state index in [1.165, 1.54) is 18.3 Å². The summed E-state index contributed by atoms with van der Waals surface area (Å²) in [5, 5.41) is 34.5. The van der Waals surface area contributed by atoms with Crippen molar-refractivity contribution in [3.8, 4) is 11.1 Å². The van der Waals surface area contributed by atoms with Gasteiger partial charge in [0.05, 0.1) is 18.7 Å². The lowest BCUT2D eigenvalue weighted by atomic mass is 9.93. The molecule has 2 atom stereocenters. The van der Waals surface area contributed by atoms with Crippen LogP contribution in [0.3, 0.4) is 0 Å². The number of aliphatic hydroxyl groups excluding tert-OH is 1. The van der Waals surface area contributed by atoms with Crippen molar-refractivity contribution in [1.82, 2.24) is 26.0 Å². The summed E-state index contributed by atoms with van der Waals surface area (Å²) in [5.41, 5.74) is 1.92. The van der Waals surface area contributed by atoms with Gasteiger partial charge in [-0.1, -0.05) is 35.9 Å². The standard InChI is InChI=1S/C23H25ClFN5O4/c24-17-5-6-20(25)19(11-17)15-3-1-14(2-4-15)9-18(28-22(32)21-13-27-30-29-21)10-16(23(33)34)12-26-7-8-31/h1-6,11,13,16,18,26,31H,7-10,12H2,(H,28,32)(H,33,34)(H,27,29,30)/t16-,18+/m0/s1. The maximum Gasteiger partial charge on any atom is 0.307 e. The molecule has 0 saturated carbocycles. The SMILES string of the molecule is O=C(N[C@H](Cc1ccc(-c2cc(Cl)ccc2F)cc1)C[C@@H](CNCCO)C(=O)O)c1cn[nH]n1. The van der Waals surface area contributed by atoms with Crippen molar-refractivity contribution in [1.29, 1.82) is 0 Å². The minimum Gasteiger partial charge on any atom is -0.481 e. The molecule has 5 N–H and O–H groups in total. The van der Waals surface area contributed by atoms with Gasteiger partial charge in [-0.15, -0.1) is 0 Å². The molecule has 0 bridgehead atoms. The van der Waals surface area contributed by atoms with E-state index in [0.29, 0.717) is 22.6 Å². The lowest BCUT2D eigenvalue weighted by Gasteiger charge is -2.23. The van der Waals surface area contributed by atoms with Crippen LogP contribution in [0.25, 0.3) is 11.1 Å². The van der Waals surface area contributed by atoms with Gasteiger partial charge in [-0.3, -0.25) is 9.59 Å². The minimum absolute atomic E-state index is 0.0852. The lowest BCUT2D eigenvalue weighted by Crippen LogP contribution is -2.41. The summed E-state index contributed by atoms with van der Waals surface area (Å²) in [7, 11) is 0. The Hall–Kier alpha value is -3.34. The molecule has 180 valence electrons. The van der Waals surface area contributed by atoms with E-state index in [2.05, 4.69) is 26.0 Å². The molecule has 0 aliphatic rings. The molecule has 0 radical (unpaired) electrons. The number of aliphatic carboxylic acids is 1. The summed E-state index contributed by atoms with van der Waals surface area (Å²) in [6, 6.07) is 10.9. The van der Waals surface area contributed by atoms with Crippen LogP contribution in [0.1, 0.15) is 22.5 Å². The number of carboxylic acids is 1. The number of aromatic amines is 1. The van der Waals surface area contributed by atoms with Crippen LogP contribution < -0.4 is 10.6 Å². The van der Waals surface area contributed by atoms with Gasteiger partial charge < -0.3 is 20.8 Å². The number of H-pyrrole nitrogens is 1. The molecule has 0 spiro atoms. The Morgan fingerprint density at radius 1 is 1.18 bits per heavy atom. The summed E-state index contributed by atoms with van der Waals surface area (Å²) in [6.45, 7) is 0.290. The number of benzene rings is 2. The highest BCUT2D eigenvalue weighted by Crippen LogP contribution is 2.26. The van der Waals surface area contributed by atoms with Crippen LogP contribution in [0, 0.1) is 11.7 Å². The number of halogens is 2. The largest absolute Gasteiger partial charge is 0.481 e. The van der Waals surface area contributed by atoms with Crippen LogP contribution >= 0.6 is 11.6 Å². The number of hydrogen-bond donors (Lipinski definition) is 5. The molecular weight excluding hydrogens is 465 g/mol. The van der Waals surface area contributed by atoms with Gasteiger partial charge in [-0.05, 0) is 42.2 Å². The van der Waals surface area contributed by atoms with Gasteiger partial charge in [0.1, 0.15) is 5.82 Å². The molecule has 0 saturated heterocycles. The zero-order valence-corrected chi connectivity index (χ0v) is 18.9. The first-order chi connectivity index (χ1) is 16.4. The second kappa shape index (κ2) is 12.2. The van der Waals surface area contributed by atoms with Gasteiger partial charge in [-0.25, -0.2) is 4.39 Å². The number of rotatable bonds is 12. The second-order valence-corrected chi connectivity index (χ2v) is 8.19. The third-order valence-electron chi connectivity index (χ3n) is 5.26. The van der Waals surface area contributed by atoms with Gasteiger partial charge in [0.25, 0.3) is 5.91 Å². The third-order valence-corrected chi connectivity index (χ3v) is 5.49. The molecule has 9 nitrogen and oxygen atoms in total. The fraction of sp³-hybridized carbons (Fsp3) is 0.304. The zero-order valence-electron chi connectivity index (χ0n) is 18.2. The molecule has 1 amide bonds. The molecule has 3 aromatic rings. The number of hydrogen-bond acceptors (Lipinski definition) is 6. The zero-order chi connectivity index (χ0) is 24.5. The summed E-state index contributed by atoms with van der Waals surface area (Å²) in [4.78, 5) is 24.3. The summed E-state index contributed by atoms with van der Waals surface area (Å²) < 4.78 is 14.2. The van der Waals surface area contributed by atoms with Gasteiger partial charge >= 0.3 is 5.97 Å². The third kappa shape index (κ3) is 7.08. The maximum atomic E-state index is 14.2. The Balaban J connectivity index is 1.77. The predicted octanol–water partition coefficient (Wildman–Crippen LogP) is 2.28. The van der Waals surface area contributed by atoms with Gasteiger partial charge in [-0.2, -0.15) is 15.4 Å². The molecule has 34 heavy (non-hydrogen) atoms. The van der Waals surface area contributed by atoms with Crippen LogP contribution in [0.15, 0.2) is 48.7 Å². The average Bonchev–Trinajstić information content (AvgIpc) is 3.36. The minimum atomic E-state index is -1.02. The first kappa shape index (κ1) is 25.3. The summed E-state index contributed by atoms with van der Waals surface area (Å²) >= 11 is 5.99. The highest BCUT2D eigenvalue weighted by molar-refractivity contribution is 6.30. The number of aliphatic hydroxyl groups is 1. The fourth-order valence-electron chi connectivity index (χ4n) is 3.56. The average molecular weight is 490 g/mol. The summed E-state index contributed by atoms with van der Waals surface area (Å²) in [5.74, 6) is -2.69. The van der Waals surface area contributed by atoms with E-state index in [9.17, 15) is 19.1 Å². The molecule has 0 aliphatic heterocycles. The van der Waals surface area contributed by atoms with Crippen LogP contribution in [-0.2, 0) is 11.2 Å². The normalized spacial score (nSPS) is 12.8. The Morgan fingerprint density at radius 2 is 1.94 bits per heavy atom. The summed E-state index contributed by atoms with van der Waals surface area (Å²) in [6.07, 6.45) is 1.76. The van der Waals surface area contributed by atoms with Gasteiger partial charge in [0.15, 0.2) is 5.69 Å². The van der Waals surface area contributed by atoms with E-state index >= 15 is 0 Å². The van der Waals surface area contributed by atoms with Crippen LogP contribution in [0.5, 0.6) is 0 Å². The molecule has 0 aliphatic carbocycles. The number of carbonyl (C=O) groups excluding carboxylic acids is 1. The van der Waals surface area contributed by atoms with Crippen LogP contribution in [0.4, 0.5) is 4.39 Å². The molecular formula is C23H25ClFN5O4. The number of carbonyl (C=O) groups is 2. The van der Waals surface area contributed by atoms with E-state index in [-0.39, 0.29) is 31.8 Å². The Bertz CT molecular complexity index is 1100. The highest BCUT2D eigenvalue weighted by Gasteiger charge is 2.25. The second-order valence-electron chi connectivity index (χ2n) is 7.75. The van der Waals surface area contributed by atoms with Crippen molar-refractivity contribution in [2.24, 2.45) is 5.92 Å². The molecule has 2 aromatic carbocycles. The van der Waals surface area contributed by atoms with E-state index in [1.807, 2.05) is 0 Å². The Kier molecular flexibility index (Phi) is 9.08. The van der Waals surface area contributed by atoms with Gasteiger partial charge in [0, 0.05) is 29.7 Å². The quantitative estimate of drug-likeness (QED) is 0.246. The van der Waals surface area contributed by atoms with Crippen molar-refractivity contribution in [3.05, 3.63) is 70.8 Å². The Morgan fingerprint density at radius 3 is 2.59 bits per heavy atom. The molecule has 1 aromatic heterocycles. The van der Waals surface area contributed by atoms with Crippen molar-refractivity contribution < 1.29 is 24.2 Å². The van der Waals surface area contributed by atoms with Crippen molar-refractivity contribution in [2.45, 2.75) is 18.9 Å². The molecule has 3 rings (SSSR count). The van der Waals surface area contributed by atoms with Crippen LogP contribution in [-0.4, -0.2) is 63.2 Å². The van der Waals surface area contributed by atoms with E-state index < -0.39 is 29.7 Å². The monoisotopic (exact) mass is 489 g/mol. The van der Waals surface area contributed by atoms with E-state index in [1.54, 1.807) is 30.3 Å². The topological polar surface area (TPSA) is 140 Å². The van der Waals surface area contributed by atoms with Gasteiger partial charge in [0.2, 0.25) is 0 Å². The van der Waals surface area contributed by atoms with E-state index in [4.69, 9.17) is 16.7 Å². The number of carboxylic acid groups (broad SMARTS) is 1. The number of nitrogens with one attached hydrogen (secondary N) is 3. The number of aromatic nitrogens is 3. The fourth-order valence-corrected chi connectivity index (χ4v) is 3.73. The number of nitrogens with zero attached hydrogens (tertiary/aromatic N) is 2. The highest BCUT2D eigenvalue weighted by atomic mass is 35.5. The van der Waals surface area contributed by atoms with Crippen molar-refractivity contribution >= 4 is 23.5 Å². The Labute approximate surface area is 200 Å². The maximum absolute atomic E-state index is 14.2. The first-order valence-corrected chi connectivity index (χ1v) is 11.0. The van der Waals surface area contributed by atoms with E-state index in [0.717, 1.165) is 5.56 Å². The van der Waals surface area contributed by atoms with Crippen molar-refractivity contribution in [3.63, 3.8) is 0 Å². The smallest absolute Gasteiger partial charge is 0.307 e. The number of amides is 1. The van der Waals surface area contributed by atoms with Crippen molar-refractivity contribution in [2.75, 3.05) is 19.7 Å². The molecule has 1 heterocycles. The lowest BCUT2D eigenvalue weighted by molar-refractivity contribution is -0.142. The first-order valence-electron chi connectivity index (χ1n) is 10.6. The van der Waals surface area contributed by atoms with Crippen LogP contribution in [0.2, 0.25) is 5.02 Å².